The molecule has 1 N–H and O–H groups in total. The fourth-order valence-electron chi connectivity index (χ4n) is 1.68. The van der Waals surface area contributed by atoms with Gasteiger partial charge in [0.15, 0.2) is 0 Å². The molecule has 0 aliphatic heterocycles. The number of aromatic nitrogens is 1. The van der Waals surface area contributed by atoms with E-state index in [0.29, 0.717) is 13.0 Å². The van der Waals surface area contributed by atoms with Gasteiger partial charge in [-0.1, -0.05) is 17.9 Å². The lowest BCUT2D eigenvalue weighted by Crippen LogP contribution is -2.00. The van der Waals surface area contributed by atoms with Gasteiger partial charge in [0.2, 0.25) is 0 Å². The molecule has 0 atom stereocenters. The molecule has 0 spiro atoms. The molecule has 1 aromatic carbocycles. The molecule has 0 bridgehead atoms. The minimum atomic E-state index is 0.0949. The SMILES string of the molecule is Cc1cccnc1COc1ccc(C#CCCO)cc1. The number of aryl methyl sites for hydroxylation is 1. The molecule has 2 aromatic rings. The van der Waals surface area contributed by atoms with Crippen molar-refractivity contribution in [2.75, 3.05) is 6.61 Å². The van der Waals surface area contributed by atoms with Gasteiger partial charge in [0, 0.05) is 18.2 Å². The van der Waals surface area contributed by atoms with E-state index < -0.39 is 0 Å². The van der Waals surface area contributed by atoms with Crippen molar-refractivity contribution in [3.8, 4) is 17.6 Å². The number of hydrogen-bond acceptors (Lipinski definition) is 3. The number of hydrogen-bond donors (Lipinski definition) is 1. The van der Waals surface area contributed by atoms with Crippen LogP contribution in [-0.2, 0) is 6.61 Å². The summed E-state index contributed by atoms with van der Waals surface area (Å²) < 4.78 is 5.70. The van der Waals surface area contributed by atoms with Gasteiger partial charge in [-0.25, -0.2) is 0 Å². The van der Waals surface area contributed by atoms with Crippen LogP contribution in [0.25, 0.3) is 0 Å². The first-order chi connectivity index (χ1) is 9.79. The summed E-state index contributed by atoms with van der Waals surface area (Å²) in [6.45, 7) is 2.57. The van der Waals surface area contributed by atoms with Crippen molar-refractivity contribution < 1.29 is 9.84 Å². The smallest absolute Gasteiger partial charge is 0.130 e. The topological polar surface area (TPSA) is 42.4 Å². The molecule has 0 saturated carbocycles. The monoisotopic (exact) mass is 267 g/mol. The molecule has 0 unspecified atom stereocenters. The second-order valence-electron chi connectivity index (χ2n) is 4.36. The summed E-state index contributed by atoms with van der Waals surface area (Å²) in [4.78, 5) is 4.29. The van der Waals surface area contributed by atoms with Crippen molar-refractivity contribution in [2.45, 2.75) is 20.0 Å². The Balaban J connectivity index is 1.95. The largest absolute Gasteiger partial charge is 0.487 e. The van der Waals surface area contributed by atoms with Crippen LogP contribution in [0.2, 0.25) is 0 Å². The van der Waals surface area contributed by atoms with Gasteiger partial charge in [0.05, 0.1) is 12.3 Å². The summed E-state index contributed by atoms with van der Waals surface area (Å²) in [6, 6.07) is 11.5. The van der Waals surface area contributed by atoms with Crippen LogP contribution in [0.1, 0.15) is 23.2 Å². The van der Waals surface area contributed by atoms with Crippen molar-refractivity contribution in [1.29, 1.82) is 0 Å². The maximum Gasteiger partial charge on any atom is 0.130 e. The van der Waals surface area contributed by atoms with Crippen molar-refractivity contribution in [3.63, 3.8) is 0 Å². The Kier molecular flexibility index (Phi) is 5.16. The molecular formula is C17H17NO2. The highest BCUT2D eigenvalue weighted by atomic mass is 16.5. The molecule has 3 heteroatoms. The molecule has 0 aliphatic carbocycles. The molecular weight excluding hydrogens is 250 g/mol. The molecule has 102 valence electrons. The Morgan fingerprint density at radius 3 is 2.70 bits per heavy atom. The molecule has 1 heterocycles. The van der Waals surface area contributed by atoms with Gasteiger partial charge in [-0.05, 0) is 42.8 Å². The zero-order valence-electron chi connectivity index (χ0n) is 11.5. The van der Waals surface area contributed by atoms with Gasteiger partial charge in [-0.2, -0.15) is 0 Å². The van der Waals surface area contributed by atoms with Gasteiger partial charge in [-0.3, -0.25) is 4.98 Å². The molecule has 20 heavy (non-hydrogen) atoms. The Morgan fingerprint density at radius 1 is 1.20 bits per heavy atom. The van der Waals surface area contributed by atoms with Crippen LogP contribution in [0.3, 0.4) is 0 Å². The number of aliphatic hydroxyl groups excluding tert-OH is 1. The van der Waals surface area contributed by atoms with Gasteiger partial charge < -0.3 is 9.84 Å². The zero-order chi connectivity index (χ0) is 14.2. The van der Waals surface area contributed by atoms with E-state index in [0.717, 1.165) is 22.6 Å². The standard InChI is InChI=1S/C17H17NO2/c1-14-5-4-11-18-17(14)13-20-16-9-7-15(8-10-16)6-2-3-12-19/h4-5,7-11,19H,3,12-13H2,1H3. The quantitative estimate of drug-likeness (QED) is 0.866. The minimum absolute atomic E-state index is 0.0949. The van der Waals surface area contributed by atoms with Crippen LogP contribution >= 0.6 is 0 Å². The fourth-order valence-corrected chi connectivity index (χ4v) is 1.68. The number of benzene rings is 1. The molecule has 1 aromatic heterocycles. The molecule has 0 saturated heterocycles. The molecule has 2 rings (SSSR count). The van der Waals surface area contributed by atoms with Crippen LogP contribution in [0, 0.1) is 18.8 Å². The van der Waals surface area contributed by atoms with E-state index in [1.54, 1.807) is 6.20 Å². The highest BCUT2D eigenvalue weighted by Gasteiger charge is 2.00. The summed E-state index contributed by atoms with van der Waals surface area (Å²) >= 11 is 0. The first kappa shape index (κ1) is 14.1. The number of nitrogens with zero attached hydrogens (tertiary/aromatic N) is 1. The predicted molar refractivity (Wildman–Crippen MR) is 78.3 cm³/mol. The molecule has 0 amide bonds. The number of rotatable bonds is 4. The Labute approximate surface area is 119 Å². The van der Waals surface area contributed by atoms with Gasteiger partial charge in [0.25, 0.3) is 0 Å². The first-order valence-electron chi connectivity index (χ1n) is 6.52. The summed E-state index contributed by atoms with van der Waals surface area (Å²) in [5, 5.41) is 8.66. The van der Waals surface area contributed by atoms with Gasteiger partial charge in [-0.15, -0.1) is 0 Å². The van der Waals surface area contributed by atoms with E-state index in [1.165, 1.54) is 0 Å². The van der Waals surface area contributed by atoms with E-state index in [-0.39, 0.29) is 6.61 Å². The Bertz CT molecular complexity index is 609. The average molecular weight is 267 g/mol. The van der Waals surface area contributed by atoms with Crippen molar-refractivity contribution >= 4 is 0 Å². The lowest BCUT2D eigenvalue weighted by molar-refractivity contribution is 0.300. The van der Waals surface area contributed by atoms with Crippen LogP contribution in [0.5, 0.6) is 5.75 Å². The molecule has 0 radical (unpaired) electrons. The molecule has 3 nitrogen and oxygen atoms in total. The highest BCUT2D eigenvalue weighted by molar-refractivity contribution is 5.38. The minimum Gasteiger partial charge on any atom is -0.487 e. The third-order valence-corrected chi connectivity index (χ3v) is 2.82. The second-order valence-corrected chi connectivity index (χ2v) is 4.36. The summed E-state index contributed by atoms with van der Waals surface area (Å²) in [5.74, 6) is 6.66. The van der Waals surface area contributed by atoms with Crippen molar-refractivity contribution in [2.24, 2.45) is 0 Å². The van der Waals surface area contributed by atoms with E-state index in [1.807, 2.05) is 43.3 Å². The first-order valence-corrected chi connectivity index (χ1v) is 6.52. The fraction of sp³-hybridized carbons (Fsp3) is 0.235. The average Bonchev–Trinajstić information content (AvgIpc) is 2.48. The van der Waals surface area contributed by atoms with E-state index >= 15 is 0 Å². The maximum absolute atomic E-state index is 8.66. The van der Waals surface area contributed by atoms with E-state index in [4.69, 9.17) is 9.84 Å². The summed E-state index contributed by atoms with van der Waals surface area (Å²) in [6.07, 6.45) is 2.27. The maximum atomic E-state index is 8.66. The highest BCUT2D eigenvalue weighted by Crippen LogP contribution is 2.14. The van der Waals surface area contributed by atoms with Crippen LogP contribution in [-0.4, -0.2) is 16.7 Å². The molecule has 0 aliphatic rings. The number of pyridine rings is 1. The summed E-state index contributed by atoms with van der Waals surface area (Å²) in [5.41, 5.74) is 2.98. The van der Waals surface area contributed by atoms with Crippen LogP contribution in [0.4, 0.5) is 0 Å². The van der Waals surface area contributed by atoms with Crippen LogP contribution < -0.4 is 4.74 Å². The second kappa shape index (κ2) is 7.32. The third-order valence-electron chi connectivity index (χ3n) is 2.82. The zero-order valence-corrected chi connectivity index (χ0v) is 11.5. The Hall–Kier alpha value is -2.31. The van der Waals surface area contributed by atoms with Crippen molar-refractivity contribution in [3.05, 3.63) is 59.4 Å². The predicted octanol–water partition coefficient (Wildman–Crippen LogP) is 2.70. The third kappa shape index (κ3) is 4.11. The van der Waals surface area contributed by atoms with Gasteiger partial charge in [0.1, 0.15) is 12.4 Å². The lowest BCUT2D eigenvalue weighted by Gasteiger charge is -2.07. The van der Waals surface area contributed by atoms with Crippen molar-refractivity contribution in [1.82, 2.24) is 4.98 Å². The van der Waals surface area contributed by atoms with E-state index in [2.05, 4.69) is 16.8 Å². The van der Waals surface area contributed by atoms with Crippen LogP contribution in [0.15, 0.2) is 42.6 Å². The molecule has 0 fully saturated rings. The number of aliphatic hydroxyl groups is 1. The van der Waals surface area contributed by atoms with Gasteiger partial charge >= 0.3 is 0 Å². The van der Waals surface area contributed by atoms with E-state index in [9.17, 15) is 0 Å². The lowest BCUT2D eigenvalue weighted by atomic mass is 10.2. The number of ether oxygens (including phenoxy) is 1. The Morgan fingerprint density at radius 2 is 2.00 bits per heavy atom. The summed E-state index contributed by atoms with van der Waals surface area (Å²) in [7, 11) is 0. The normalized spacial score (nSPS) is 9.70.